The van der Waals surface area contributed by atoms with E-state index in [9.17, 15) is 9.59 Å². The van der Waals surface area contributed by atoms with Crippen LogP contribution < -0.4 is 10.4 Å². The topological polar surface area (TPSA) is 72.9 Å². The van der Waals surface area contributed by atoms with Gasteiger partial charge in [-0.2, -0.15) is 0 Å². The van der Waals surface area contributed by atoms with Gasteiger partial charge in [-0.15, -0.1) is 0 Å². The molecule has 0 atom stereocenters. The van der Waals surface area contributed by atoms with Gasteiger partial charge in [-0.1, -0.05) is 43.3 Å². The van der Waals surface area contributed by atoms with Crippen LogP contribution in [0.25, 0.3) is 11.0 Å². The molecule has 4 aromatic rings. The average molecular weight is 417 g/mol. The monoisotopic (exact) mass is 417 g/mol. The Bertz CT molecular complexity index is 1240. The van der Waals surface area contributed by atoms with Crippen molar-refractivity contribution >= 4 is 16.9 Å². The van der Waals surface area contributed by atoms with Crippen molar-refractivity contribution in [1.29, 1.82) is 0 Å². The van der Waals surface area contributed by atoms with Gasteiger partial charge in [0, 0.05) is 11.9 Å². The molecule has 0 bridgehead atoms. The highest BCUT2D eigenvalue weighted by atomic mass is 16.5. The molecule has 2 heterocycles. The van der Waals surface area contributed by atoms with Crippen molar-refractivity contribution in [3.8, 4) is 5.75 Å². The predicted molar refractivity (Wildman–Crippen MR) is 117 cm³/mol. The van der Waals surface area contributed by atoms with Crippen LogP contribution in [0.4, 0.5) is 0 Å². The summed E-state index contributed by atoms with van der Waals surface area (Å²) in [6, 6.07) is 18.5. The van der Waals surface area contributed by atoms with Crippen LogP contribution in [0.1, 0.15) is 34.2 Å². The number of furan rings is 1. The Labute approximate surface area is 179 Å². The zero-order valence-corrected chi connectivity index (χ0v) is 17.5. The third-order valence-corrected chi connectivity index (χ3v) is 5.19. The zero-order chi connectivity index (χ0) is 21.8. The fraction of sp³-hybridized carbons (Fsp3) is 0.200. The highest BCUT2D eigenvalue weighted by Gasteiger charge is 2.23. The maximum absolute atomic E-state index is 13.4. The molecule has 4 rings (SSSR count). The molecular formula is C25H23NO5. The smallest absolute Gasteiger partial charge is 0.349 e. The van der Waals surface area contributed by atoms with Gasteiger partial charge < -0.3 is 18.5 Å². The first kappa shape index (κ1) is 20.5. The summed E-state index contributed by atoms with van der Waals surface area (Å²) < 4.78 is 16.2. The molecule has 158 valence electrons. The normalized spacial score (nSPS) is 10.9. The molecular weight excluding hydrogens is 394 g/mol. The number of methoxy groups -OCH3 is 1. The van der Waals surface area contributed by atoms with Gasteiger partial charge in [0.1, 0.15) is 11.3 Å². The molecule has 6 heteroatoms. The van der Waals surface area contributed by atoms with Gasteiger partial charge in [0.2, 0.25) is 0 Å². The molecule has 0 saturated carbocycles. The van der Waals surface area contributed by atoms with E-state index in [1.54, 1.807) is 47.6 Å². The summed E-state index contributed by atoms with van der Waals surface area (Å²) in [4.78, 5) is 27.7. The molecule has 0 saturated heterocycles. The van der Waals surface area contributed by atoms with E-state index >= 15 is 0 Å². The standard InChI is InChI=1S/C25H23NO5/c1-3-17-9-11-18(12-10-17)15-26(16-20-7-5-13-30-20)24(27)21-14-19-6-4-8-22(29-2)23(19)31-25(21)28/h4-14H,3,15-16H2,1-2H3. The number of fused-ring (bicyclic) bond motifs is 1. The number of amides is 1. The van der Waals surface area contributed by atoms with Crippen molar-refractivity contribution in [3.05, 3.63) is 99.8 Å². The summed E-state index contributed by atoms with van der Waals surface area (Å²) >= 11 is 0. The van der Waals surface area contributed by atoms with Crippen LogP contribution in [0, 0.1) is 0 Å². The van der Waals surface area contributed by atoms with Gasteiger partial charge in [0.25, 0.3) is 5.91 Å². The van der Waals surface area contributed by atoms with Gasteiger partial charge in [-0.3, -0.25) is 4.79 Å². The van der Waals surface area contributed by atoms with Crippen LogP contribution in [-0.2, 0) is 19.5 Å². The Morgan fingerprint density at radius 1 is 1.00 bits per heavy atom. The van der Waals surface area contributed by atoms with Gasteiger partial charge in [0.05, 0.1) is 19.9 Å². The van der Waals surface area contributed by atoms with Gasteiger partial charge in [-0.05, 0) is 41.8 Å². The Morgan fingerprint density at radius 3 is 2.45 bits per heavy atom. The minimum absolute atomic E-state index is 0.0301. The maximum atomic E-state index is 13.4. The fourth-order valence-corrected chi connectivity index (χ4v) is 3.49. The predicted octanol–water partition coefficient (Wildman–Crippen LogP) is 4.80. The Balaban J connectivity index is 1.70. The summed E-state index contributed by atoms with van der Waals surface area (Å²) in [5.41, 5.74) is 1.77. The molecule has 0 spiro atoms. The van der Waals surface area contributed by atoms with E-state index in [0.717, 1.165) is 12.0 Å². The van der Waals surface area contributed by atoms with E-state index in [2.05, 4.69) is 6.92 Å². The highest BCUT2D eigenvalue weighted by molar-refractivity contribution is 5.97. The van der Waals surface area contributed by atoms with Gasteiger partial charge in [-0.25, -0.2) is 4.79 Å². The van der Waals surface area contributed by atoms with Crippen molar-refractivity contribution in [2.24, 2.45) is 0 Å². The van der Waals surface area contributed by atoms with Crippen LogP contribution in [-0.4, -0.2) is 17.9 Å². The summed E-state index contributed by atoms with van der Waals surface area (Å²) in [6.07, 6.45) is 2.50. The Morgan fingerprint density at radius 2 is 1.77 bits per heavy atom. The maximum Gasteiger partial charge on any atom is 0.349 e. The van der Waals surface area contributed by atoms with Crippen molar-refractivity contribution in [2.75, 3.05) is 7.11 Å². The van der Waals surface area contributed by atoms with Crippen LogP contribution >= 0.6 is 0 Å². The minimum atomic E-state index is -0.701. The quantitative estimate of drug-likeness (QED) is 0.404. The highest BCUT2D eigenvalue weighted by Crippen LogP contribution is 2.25. The summed E-state index contributed by atoms with van der Waals surface area (Å²) in [5, 5.41) is 0.618. The molecule has 2 aromatic carbocycles. The summed E-state index contributed by atoms with van der Waals surface area (Å²) in [5.74, 6) is 0.650. The first-order chi connectivity index (χ1) is 15.1. The van der Waals surface area contributed by atoms with Crippen LogP contribution in [0.2, 0.25) is 0 Å². The summed E-state index contributed by atoms with van der Waals surface area (Å²) in [7, 11) is 1.50. The van der Waals surface area contributed by atoms with Crippen molar-refractivity contribution in [2.45, 2.75) is 26.4 Å². The third kappa shape index (κ3) is 4.38. The number of carbonyl (C=O) groups is 1. The fourth-order valence-electron chi connectivity index (χ4n) is 3.49. The molecule has 0 radical (unpaired) electrons. The van der Waals surface area contributed by atoms with Crippen molar-refractivity contribution in [1.82, 2.24) is 4.90 Å². The van der Waals surface area contributed by atoms with E-state index in [1.165, 1.54) is 12.7 Å². The lowest BCUT2D eigenvalue weighted by atomic mass is 10.1. The first-order valence-corrected chi connectivity index (χ1v) is 10.1. The van der Waals surface area contributed by atoms with Crippen LogP contribution in [0.5, 0.6) is 5.75 Å². The lowest BCUT2D eigenvalue weighted by Crippen LogP contribution is -2.33. The van der Waals surface area contributed by atoms with Crippen LogP contribution in [0.3, 0.4) is 0 Å². The number of hydrogen-bond donors (Lipinski definition) is 0. The molecule has 6 nitrogen and oxygen atoms in total. The number of rotatable bonds is 7. The first-order valence-electron chi connectivity index (χ1n) is 10.1. The molecule has 1 amide bonds. The molecule has 0 aliphatic carbocycles. The second-order valence-corrected chi connectivity index (χ2v) is 7.24. The van der Waals surface area contributed by atoms with Gasteiger partial charge in [0.15, 0.2) is 11.3 Å². The SMILES string of the molecule is CCc1ccc(CN(Cc2ccco2)C(=O)c2cc3cccc(OC)c3oc2=O)cc1. The van der Waals surface area contributed by atoms with E-state index in [4.69, 9.17) is 13.6 Å². The molecule has 31 heavy (non-hydrogen) atoms. The number of hydrogen-bond acceptors (Lipinski definition) is 5. The van der Waals surface area contributed by atoms with E-state index < -0.39 is 11.5 Å². The molecule has 0 aliphatic rings. The third-order valence-electron chi connectivity index (χ3n) is 5.19. The van der Waals surface area contributed by atoms with E-state index in [1.807, 2.05) is 24.3 Å². The molecule has 0 unspecified atom stereocenters. The average Bonchev–Trinajstić information content (AvgIpc) is 3.31. The molecule has 0 fully saturated rings. The second kappa shape index (κ2) is 8.92. The molecule has 0 N–H and O–H groups in total. The molecule has 2 aromatic heterocycles. The summed E-state index contributed by atoms with van der Waals surface area (Å²) in [6.45, 7) is 2.66. The number of aryl methyl sites for hydroxylation is 1. The van der Waals surface area contributed by atoms with Crippen molar-refractivity contribution < 1.29 is 18.4 Å². The lowest BCUT2D eigenvalue weighted by molar-refractivity contribution is 0.0713. The zero-order valence-electron chi connectivity index (χ0n) is 17.5. The number of ether oxygens (including phenoxy) is 1. The number of benzene rings is 2. The number of carbonyl (C=O) groups excluding carboxylic acids is 1. The largest absolute Gasteiger partial charge is 0.493 e. The molecule has 0 aliphatic heterocycles. The van der Waals surface area contributed by atoms with Gasteiger partial charge >= 0.3 is 5.63 Å². The number of para-hydroxylation sites is 1. The van der Waals surface area contributed by atoms with E-state index in [0.29, 0.717) is 29.0 Å². The second-order valence-electron chi connectivity index (χ2n) is 7.24. The van der Waals surface area contributed by atoms with Crippen LogP contribution in [0.15, 0.2) is 80.6 Å². The Hall–Kier alpha value is -3.80. The van der Waals surface area contributed by atoms with Crippen molar-refractivity contribution in [3.63, 3.8) is 0 Å². The minimum Gasteiger partial charge on any atom is -0.493 e. The number of nitrogens with zero attached hydrogens (tertiary/aromatic N) is 1. The Kier molecular flexibility index (Phi) is 5.89. The lowest BCUT2D eigenvalue weighted by Gasteiger charge is -2.22. The van der Waals surface area contributed by atoms with E-state index in [-0.39, 0.29) is 12.1 Å².